The summed E-state index contributed by atoms with van der Waals surface area (Å²) in [4.78, 5) is 16.8. The van der Waals surface area contributed by atoms with Crippen LogP contribution in [0.5, 0.6) is 5.75 Å². The zero-order valence-electron chi connectivity index (χ0n) is 15.5. The van der Waals surface area contributed by atoms with Crippen LogP contribution in [0.25, 0.3) is 0 Å². The van der Waals surface area contributed by atoms with Crippen LogP contribution >= 0.6 is 0 Å². The standard InChI is InChI=1S/C21H32N2O2/c1-18(17-25-20-7-3-2-4-8-20)22-15-11-19(12-16-22)9-10-21(24)23-13-5-6-14-23/h2-4,7-8,18-19H,5-6,9-17H2,1H3. The molecular formula is C21H32N2O2. The Balaban J connectivity index is 1.33. The van der Waals surface area contributed by atoms with Crippen LogP contribution in [-0.2, 0) is 4.79 Å². The number of benzene rings is 1. The number of carbonyl (C=O) groups excluding carboxylic acids is 1. The first-order valence-electron chi connectivity index (χ1n) is 9.92. The minimum absolute atomic E-state index is 0.379. The van der Waals surface area contributed by atoms with Crippen molar-refractivity contribution in [1.82, 2.24) is 9.80 Å². The number of hydrogen-bond acceptors (Lipinski definition) is 3. The van der Waals surface area contributed by atoms with Crippen molar-refractivity contribution in [2.24, 2.45) is 5.92 Å². The van der Waals surface area contributed by atoms with Gasteiger partial charge in [-0.05, 0) is 70.2 Å². The number of carbonyl (C=O) groups is 1. The molecule has 0 aromatic heterocycles. The van der Waals surface area contributed by atoms with E-state index in [2.05, 4.69) is 16.7 Å². The van der Waals surface area contributed by atoms with Crippen molar-refractivity contribution in [3.63, 3.8) is 0 Å². The highest BCUT2D eigenvalue weighted by molar-refractivity contribution is 5.76. The maximum atomic E-state index is 12.2. The molecule has 2 heterocycles. The fourth-order valence-corrected chi connectivity index (χ4v) is 3.97. The summed E-state index contributed by atoms with van der Waals surface area (Å²) in [6.07, 6.45) is 6.61. The van der Waals surface area contributed by atoms with E-state index in [1.807, 2.05) is 30.3 Å². The van der Waals surface area contributed by atoms with Gasteiger partial charge in [0, 0.05) is 25.6 Å². The molecule has 0 N–H and O–H groups in total. The SMILES string of the molecule is CC(COc1ccccc1)N1CCC(CCC(=O)N2CCCC2)CC1. The molecule has 0 aliphatic carbocycles. The molecule has 0 bridgehead atoms. The number of amides is 1. The minimum Gasteiger partial charge on any atom is -0.492 e. The van der Waals surface area contributed by atoms with E-state index in [0.717, 1.165) is 51.4 Å². The zero-order chi connectivity index (χ0) is 17.5. The molecule has 1 unspecified atom stereocenters. The van der Waals surface area contributed by atoms with E-state index >= 15 is 0 Å². The molecule has 2 aliphatic rings. The van der Waals surface area contributed by atoms with Gasteiger partial charge < -0.3 is 9.64 Å². The highest BCUT2D eigenvalue weighted by atomic mass is 16.5. The topological polar surface area (TPSA) is 32.8 Å². The Hall–Kier alpha value is -1.55. The Kier molecular flexibility index (Phi) is 6.74. The average molecular weight is 344 g/mol. The third-order valence-corrected chi connectivity index (χ3v) is 5.73. The normalized spacial score (nSPS) is 20.6. The Morgan fingerprint density at radius 2 is 1.80 bits per heavy atom. The van der Waals surface area contributed by atoms with E-state index in [-0.39, 0.29) is 0 Å². The van der Waals surface area contributed by atoms with Crippen LogP contribution in [0.4, 0.5) is 0 Å². The first kappa shape index (κ1) is 18.2. The summed E-state index contributed by atoms with van der Waals surface area (Å²) in [7, 11) is 0. The molecule has 1 aromatic carbocycles. The van der Waals surface area contributed by atoms with Crippen LogP contribution in [0, 0.1) is 5.92 Å². The second kappa shape index (κ2) is 9.23. The second-order valence-electron chi connectivity index (χ2n) is 7.58. The molecule has 0 saturated carbocycles. The predicted octanol–water partition coefficient (Wildman–Crippen LogP) is 3.57. The smallest absolute Gasteiger partial charge is 0.222 e. The molecule has 25 heavy (non-hydrogen) atoms. The maximum absolute atomic E-state index is 12.2. The van der Waals surface area contributed by atoms with Crippen LogP contribution in [0.3, 0.4) is 0 Å². The number of nitrogens with zero attached hydrogens (tertiary/aromatic N) is 2. The molecule has 4 nitrogen and oxygen atoms in total. The summed E-state index contributed by atoms with van der Waals surface area (Å²) in [5.41, 5.74) is 0. The van der Waals surface area contributed by atoms with Crippen molar-refractivity contribution in [2.45, 2.75) is 51.5 Å². The van der Waals surface area contributed by atoms with Crippen LogP contribution in [0.2, 0.25) is 0 Å². The number of likely N-dealkylation sites (tertiary alicyclic amines) is 2. The third kappa shape index (κ3) is 5.46. The Morgan fingerprint density at radius 3 is 2.48 bits per heavy atom. The molecule has 0 radical (unpaired) electrons. The van der Waals surface area contributed by atoms with Crippen molar-refractivity contribution < 1.29 is 9.53 Å². The van der Waals surface area contributed by atoms with Crippen molar-refractivity contribution in [3.8, 4) is 5.75 Å². The maximum Gasteiger partial charge on any atom is 0.222 e. The number of hydrogen-bond donors (Lipinski definition) is 0. The Labute approximate surface area is 152 Å². The Bertz CT molecular complexity index is 520. The molecule has 2 aliphatic heterocycles. The van der Waals surface area contributed by atoms with Gasteiger partial charge in [0.2, 0.25) is 5.91 Å². The lowest BCUT2D eigenvalue weighted by Gasteiger charge is -2.36. The monoisotopic (exact) mass is 344 g/mol. The van der Waals surface area contributed by atoms with Crippen LogP contribution < -0.4 is 4.74 Å². The van der Waals surface area contributed by atoms with Gasteiger partial charge in [-0.2, -0.15) is 0 Å². The van der Waals surface area contributed by atoms with Gasteiger partial charge in [-0.25, -0.2) is 0 Å². The summed E-state index contributed by atoms with van der Waals surface area (Å²) < 4.78 is 5.89. The minimum atomic E-state index is 0.379. The van der Waals surface area contributed by atoms with E-state index in [0.29, 0.717) is 17.9 Å². The number of piperidine rings is 1. The van der Waals surface area contributed by atoms with Crippen molar-refractivity contribution in [2.75, 3.05) is 32.8 Å². The van der Waals surface area contributed by atoms with Gasteiger partial charge in [0.15, 0.2) is 0 Å². The molecule has 0 spiro atoms. The van der Waals surface area contributed by atoms with Gasteiger partial charge in [0.25, 0.3) is 0 Å². The highest BCUT2D eigenvalue weighted by Crippen LogP contribution is 2.24. The molecule has 2 saturated heterocycles. The molecule has 1 atom stereocenters. The van der Waals surface area contributed by atoms with E-state index < -0.39 is 0 Å². The average Bonchev–Trinajstić information content (AvgIpc) is 3.20. The van der Waals surface area contributed by atoms with Gasteiger partial charge in [0.1, 0.15) is 12.4 Å². The lowest BCUT2D eigenvalue weighted by atomic mass is 9.91. The molecular weight excluding hydrogens is 312 g/mol. The fraction of sp³-hybridized carbons (Fsp3) is 0.667. The largest absolute Gasteiger partial charge is 0.492 e. The van der Waals surface area contributed by atoms with E-state index in [1.54, 1.807) is 0 Å². The van der Waals surface area contributed by atoms with E-state index in [4.69, 9.17) is 4.74 Å². The molecule has 2 fully saturated rings. The molecule has 1 aromatic rings. The zero-order valence-corrected chi connectivity index (χ0v) is 15.5. The van der Waals surface area contributed by atoms with Crippen LogP contribution in [0.1, 0.15) is 45.4 Å². The van der Waals surface area contributed by atoms with Gasteiger partial charge in [-0.3, -0.25) is 9.69 Å². The number of rotatable bonds is 7. The van der Waals surface area contributed by atoms with Gasteiger partial charge >= 0.3 is 0 Å². The van der Waals surface area contributed by atoms with Gasteiger partial charge in [0.05, 0.1) is 0 Å². The van der Waals surface area contributed by atoms with Gasteiger partial charge in [-0.15, -0.1) is 0 Å². The van der Waals surface area contributed by atoms with Gasteiger partial charge in [-0.1, -0.05) is 18.2 Å². The van der Waals surface area contributed by atoms with Crippen molar-refractivity contribution in [1.29, 1.82) is 0 Å². The molecule has 3 rings (SSSR count). The fourth-order valence-electron chi connectivity index (χ4n) is 3.97. The number of ether oxygens (including phenoxy) is 1. The summed E-state index contributed by atoms with van der Waals surface area (Å²) in [5, 5.41) is 0. The lowest BCUT2D eigenvalue weighted by Crippen LogP contribution is -2.43. The third-order valence-electron chi connectivity index (χ3n) is 5.73. The first-order valence-corrected chi connectivity index (χ1v) is 9.92. The molecule has 4 heteroatoms. The summed E-state index contributed by atoms with van der Waals surface area (Å²) in [6.45, 7) is 7.21. The Morgan fingerprint density at radius 1 is 1.12 bits per heavy atom. The molecule has 1 amide bonds. The highest BCUT2D eigenvalue weighted by Gasteiger charge is 2.25. The quantitative estimate of drug-likeness (QED) is 0.758. The van der Waals surface area contributed by atoms with E-state index in [9.17, 15) is 4.79 Å². The summed E-state index contributed by atoms with van der Waals surface area (Å²) in [6, 6.07) is 10.5. The second-order valence-corrected chi connectivity index (χ2v) is 7.58. The van der Waals surface area contributed by atoms with Crippen molar-refractivity contribution in [3.05, 3.63) is 30.3 Å². The van der Waals surface area contributed by atoms with Crippen LogP contribution in [-0.4, -0.2) is 54.5 Å². The van der Waals surface area contributed by atoms with Crippen LogP contribution in [0.15, 0.2) is 30.3 Å². The van der Waals surface area contributed by atoms with E-state index in [1.165, 1.54) is 25.7 Å². The molecule has 138 valence electrons. The predicted molar refractivity (Wildman–Crippen MR) is 101 cm³/mol. The van der Waals surface area contributed by atoms with Crippen molar-refractivity contribution >= 4 is 5.91 Å². The first-order chi connectivity index (χ1) is 12.2. The lowest BCUT2D eigenvalue weighted by molar-refractivity contribution is -0.130. The summed E-state index contributed by atoms with van der Waals surface area (Å²) >= 11 is 0. The summed E-state index contributed by atoms with van der Waals surface area (Å²) in [5.74, 6) is 2.04. The number of para-hydroxylation sites is 1.